The van der Waals surface area contributed by atoms with Gasteiger partial charge in [0, 0.05) is 12.5 Å². The Morgan fingerprint density at radius 2 is 1.79 bits per heavy atom. The summed E-state index contributed by atoms with van der Waals surface area (Å²) in [6.45, 7) is 2.86. The van der Waals surface area contributed by atoms with Gasteiger partial charge in [-0.2, -0.15) is 13.2 Å². The lowest BCUT2D eigenvalue weighted by atomic mass is 10.2. The number of ether oxygens (including phenoxy) is 3. The van der Waals surface area contributed by atoms with Crippen LogP contribution in [0, 0.1) is 0 Å². The smallest absolute Gasteiger partial charge is 0.416 e. The van der Waals surface area contributed by atoms with Gasteiger partial charge in [0.25, 0.3) is 10.0 Å². The molecule has 6 nitrogen and oxygen atoms in total. The fourth-order valence-corrected chi connectivity index (χ4v) is 3.71. The summed E-state index contributed by atoms with van der Waals surface area (Å²) in [6.07, 6.45) is -3.37. The van der Waals surface area contributed by atoms with Crippen molar-refractivity contribution in [2.45, 2.75) is 30.8 Å². The predicted molar refractivity (Wildman–Crippen MR) is 100 cm³/mol. The Hall–Kier alpha value is -2.62. The van der Waals surface area contributed by atoms with Crippen LogP contribution in [0.2, 0.25) is 0 Å². The molecule has 0 unspecified atom stereocenters. The van der Waals surface area contributed by atoms with E-state index in [1.54, 1.807) is 0 Å². The van der Waals surface area contributed by atoms with E-state index in [1.165, 1.54) is 18.2 Å². The fourth-order valence-electron chi connectivity index (χ4n) is 2.64. The number of sulfonamides is 1. The zero-order chi connectivity index (χ0) is 21.1. The molecular formula is C19H20F3NO5S. The Labute approximate surface area is 166 Å². The molecule has 0 saturated carbocycles. The monoisotopic (exact) mass is 431 g/mol. The average Bonchev–Trinajstić information content (AvgIpc) is 2.90. The van der Waals surface area contributed by atoms with Gasteiger partial charge in [-0.1, -0.05) is 6.92 Å². The molecule has 0 amide bonds. The quantitative estimate of drug-likeness (QED) is 0.731. The van der Waals surface area contributed by atoms with E-state index in [9.17, 15) is 21.6 Å². The molecular weight excluding hydrogens is 411 g/mol. The minimum absolute atomic E-state index is 0.0118. The second-order valence-corrected chi connectivity index (χ2v) is 8.00. The number of hydrogen-bond acceptors (Lipinski definition) is 5. The van der Waals surface area contributed by atoms with Crippen LogP contribution in [0.15, 0.2) is 41.3 Å². The van der Waals surface area contributed by atoms with Crippen molar-refractivity contribution in [3.8, 4) is 17.2 Å². The van der Waals surface area contributed by atoms with Crippen LogP contribution in [0.25, 0.3) is 0 Å². The van der Waals surface area contributed by atoms with Gasteiger partial charge < -0.3 is 14.2 Å². The summed E-state index contributed by atoms with van der Waals surface area (Å²) in [5, 5.41) is 0. The van der Waals surface area contributed by atoms with E-state index in [4.69, 9.17) is 14.2 Å². The number of alkyl halides is 3. The summed E-state index contributed by atoms with van der Waals surface area (Å²) < 4.78 is 83.4. The molecule has 1 aliphatic rings. The zero-order valence-corrected chi connectivity index (χ0v) is 16.4. The topological polar surface area (TPSA) is 73.9 Å². The first-order valence-electron chi connectivity index (χ1n) is 8.97. The number of nitrogens with one attached hydrogen (secondary N) is 1. The van der Waals surface area contributed by atoms with Crippen molar-refractivity contribution < 1.29 is 35.8 Å². The Morgan fingerprint density at radius 1 is 1.07 bits per heavy atom. The van der Waals surface area contributed by atoms with E-state index in [1.807, 2.05) is 6.92 Å². The molecule has 0 radical (unpaired) electrons. The van der Waals surface area contributed by atoms with Gasteiger partial charge in [0.05, 0.1) is 36.0 Å². The van der Waals surface area contributed by atoms with Crippen molar-refractivity contribution >= 4 is 15.7 Å². The Bertz CT molecular complexity index is 976. The Kier molecular flexibility index (Phi) is 6.11. The van der Waals surface area contributed by atoms with Gasteiger partial charge in [-0.3, -0.25) is 4.72 Å². The minimum Gasteiger partial charge on any atom is -0.491 e. The summed E-state index contributed by atoms with van der Waals surface area (Å²) in [5.74, 6) is 0.683. The molecule has 2 aromatic rings. The van der Waals surface area contributed by atoms with Gasteiger partial charge in [-0.15, -0.1) is 0 Å². The maximum absolute atomic E-state index is 13.1. The third-order valence-electron chi connectivity index (χ3n) is 4.04. The molecule has 1 heterocycles. The lowest BCUT2D eigenvalue weighted by molar-refractivity contribution is -0.137. The highest BCUT2D eigenvalue weighted by Gasteiger charge is 2.32. The standard InChI is InChI=1S/C19H20F3NO5S/c1-2-8-26-16-6-4-13(19(20,21)22)11-15(16)23-29(24,25)14-5-7-17-18(12-14)28-10-3-9-27-17/h4-7,11-12,23H,2-3,8-10H2,1H3. The van der Waals surface area contributed by atoms with E-state index in [0.29, 0.717) is 37.9 Å². The van der Waals surface area contributed by atoms with Crippen LogP contribution in [0.3, 0.4) is 0 Å². The van der Waals surface area contributed by atoms with Crippen LogP contribution >= 0.6 is 0 Å². The molecule has 0 spiro atoms. The van der Waals surface area contributed by atoms with Crippen molar-refractivity contribution in [1.29, 1.82) is 0 Å². The van der Waals surface area contributed by atoms with Crippen LogP contribution < -0.4 is 18.9 Å². The number of rotatable bonds is 6. The zero-order valence-electron chi connectivity index (χ0n) is 15.6. The first kappa shape index (κ1) is 21.1. The highest BCUT2D eigenvalue weighted by Crippen LogP contribution is 2.37. The maximum atomic E-state index is 13.1. The van der Waals surface area contributed by atoms with E-state index in [2.05, 4.69) is 4.72 Å². The SMILES string of the molecule is CCCOc1ccc(C(F)(F)F)cc1NS(=O)(=O)c1ccc2c(c1)OCCCO2. The number of anilines is 1. The number of fused-ring (bicyclic) bond motifs is 1. The van der Waals surface area contributed by atoms with Gasteiger partial charge in [-0.05, 0) is 36.8 Å². The molecule has 3 rings (SSSR count). The normalized spacial score (nSPS) is 14.2. The molecule has 0 fully saturated rings. The Balaban J connectivity index is 1.95. The molecule has 10 heteroatoms. The Morgan fingerprint density at radius 3 is 2.48 bits per heavy atom. The summed E-state index contributed by atoms with van der Waals surface area (Å²) in [5.41, 5.74) is -1.28. The lowest BCUT2D eigenvalue weighted by Crippen LogP contribution is -2.15. The highest BCUT2D eigenvalue weighted by atomic mass is 32.2. The predicted octanol–water partition coefficient (Wildman–Crippen LogP) is 4.46. The average molecular weight is 431 g/mol. The number of hydrogen-bond donors (Lipinski definition) is 1. The summed E-state index contributed by atoms with van der Waals surface area (Å²) in [7, 11) is -4.20. The molecule has 0 aliphatic carbocycles. The maximum Gasteiger partial charge on any atom is 0.416 e. The summed E-state index contributed by atoms with van der Waals surface area (Å²) in [6, 6.07) is 6.70. The van der Waals surface area contributed by atoms with E-state index in [0.717, 1.165) is 12.1 Å². The van der Waals surface area contributed by atoms with Crippen LogP contribution in [-0.4, -0.2) is 28.2 Å². The van der Waals surface area contributed by atoms with Gasteiger partial charge in [-0.25, -0.2) is 8.42 Å². The summed E-state index contributed by atoms with van der Waals surface area (Å²) in [4.78, 5) is -0.166. The van der Waals surface area contributed by atoms with E-state index < -0.39 is 21.8 Å². The largest absolute Gasteiger partial charge is 0.491 e. The fraction of sp³-hybridized carbons (Fsp3) is 0.368. The molecule has 158 valence electrons. The molecule has 0 saturated heterocycles. The lowest BCUT2D eigenvalue weighted by Gasteiger charge is -2.16. The van der Waals surface area contributed by atoms with Crippen LogP contribution in [0.5, 0.6) is 17.2 Å². The van der Waals surface area contributed by atoms with Gasteiger partial charge in [0.2, 0.25) is 0 Å². The molecule has 2 aromatic carbocycles. The minimum atomic E-state index is -4.63. The van der Waals surface area contributed by atoms with Gasteiger partial charge in [0.1, 0.15) is 5.75 Å². The van der Waals surface area contributed by atoms with Crippen molar-refractivity contribution in [2.75, 3.05) is 24.5 Å². The molecule has 1 N–H and O–H groups in total. The van der Waals surface area contributed by atoms with E-state index >= 15 is 0 Å². The molecule has 1 aliphatic heterocycles. The van der Waals surface area contributed by atoms with Crippen molar-refractivity contribution in [2.24, 2.45) is 0 Å². The highest BCUT2D eigenvalue weighted by molar-refractivity contribution is 7.92. The van der Waals surface area contributed by atoms with Crippen LogP contribution in [0.1, 0.15) is 25.3 Å². The number of halogens is 3. The molecule has 0 bridgehead atoms. The third kappa shape index (κ3) is 5.06. The molecule has 29 heavy (non-hydrogen) atoms. The van der Waals surface area contributed by atoms with Crippen LogP contribution in [-0.2, 0) is 16.2 Å². The van der Waals surface area contributed by atoms with E-state index in [-0.39, 0.29) is 28.7 Å². The second-order valence-electron chi connectivity index (χ2n) is 6.32. The first-order chi connectivity index (χ1) is 13.7. The molecule has 0 atom stereocenters. The first-order valence-corrected chi connectivity index (χ1v) is 10.5. The van der Waals surface area contributed by atoms with Gasteiger partial charge in [0.15, 0.2) is 11.5 Å². The van der Waals surface area contributed by atoms with Crippen molar-refractivity contribution in [1.82, 2.24) is 0 Å². The molecule has 0 aromatic heterocycles. The summed E-state index contributed by atoms with van der Waals surface area (Å²) >= 11 is 0. The van der Waals surface area contributed by atoms with Crippen molar-refractivity contribution in [3.05, 3.63) is 42.0 Å². The number of benzene rings is 2. The third-order valence-corrected chi connectivity index (χ3v) is 5.41. The van der Waals surface area contributed by atoms with Crippen molar-refractivity contribution in [3.63, 3.8) is 0 Å². The second kappa shape index (κ2) is 8.40. The van der Waals surface area contributed by atoms with Crippen LogP contribution in [0.4, 0.5) is 18.9 Å². The van der Waals surface area contributed by atoms with Gasteiger partial charge >= 0.3 is 6.18 Å².